The Morgan fingerprint density at radius 1 is 1.32 bits per heavy atom. The number of likely N-dealkylation sites (N-methyl/N-ethyl adjacent to an activating group) is 1. The number of hydrogen-bond acceptors (Lipinski definition) is 4. The molecule has 1 aliphatic rings. The molecule has 2 N–H and O–H groups in total. The minimum atomic E-state index is 0.254. The lowest BCUT2D eigenvalue weighted by Crippen LogP contribution is -2.49. The van der Waals surface area contributed by atoms with Crippen molar-refractivity contribution in [1.29, 1.82) is 0 Å². The Bertz CT molecular complexity index is 291. The standard InChI is InChI=1S/C15H29N3S/c1-4-5-6-10-13-18(16)15-17(3)12-9-7-8-11-14(2)19-15/h7-9,11,14-15H,4-6,10,12-13,16H2,1-3H3/b9-7-,11-8-/t14-,15+/m0/s1. The van der Waals surface area contributed by atoms with Gasteiger partial charge < -0.3 is 0 Å². The molecule has 0 fully saturated rings. The first-order valence-corrected chi connectivity index (χ1v) is 8.29. The number of nitrogens with zero attached hydrogens (tertiary/aromatic N) is 2. The van der Waals surface area contributed by atoms with E-state index in [9.17, 15) is 0 Å². The van der Waals surface area contributed by atoms with E-state index in [1.54, 1.807) is 0 Å². The molecular formula is C15H29N3S. The highest BCUT2D eigenvalue weighted by Gasteiger charge is 2.22. The lowest BCUT2D eigenvalue weighted by molar-refractivity contribution is 0.135. The van der Waals surface area contributed by atoms with E-state index in [2.05, 4.69) is 50.1 Å². The van der Waals surface area contributed by atoms with Crippen LogP contribution in [0, 0.1) is 0 Å². The number of hydrazine groups is 1. The predicted molar refractivity (Wildman–Crippen MR) is 86.8 cm³/mol. The van der Waals surface area contributed by atoms with Crippen molar-refractivity contribution < 1.29 is 0 Å². The van der Waals surface area contributed by atoms with Gasteiger partial charge in [0.05, 0.1) is 0 Å². The van der Waals surface area contributed by atoms with Crippen LogP contribution in [0.4, 0.5) is 0 Å². The smallest absolute Gasteiger partial charge is 0.124 e. The summed E-state index contributed by atoms with van der Waals surface area (Å²) in [5.74, 6) is 6.28. The maximum absolute atomic E-state index is 6.28. The number of nitrogens with two attached hydrogens (primary N) is 1. The molecule has 4 heteroatoms. The molecule has 1 rings (SSSR count). The van der Waals surface area contributed by atoms with Gasteiger partial charge in [-0.1, -0.05) is 50.5 Å². The van der Waals surface area contributed by atoms with Gasteiger partial charge in [0.15, 0.2) is 0 Å². The molecule has 0 saturated carbocycles. The van der Waals surface area contributed by atoms with Crippen molar-refractivity contribution in [2.75, 3.05) is 20.1 Å². The second kappa shape index (κ2) is 9.59. The second-order valence-electron chi connectivity index (χ2n) is 5.22. The summed E-state index contributed by atoms with van der Waals surface area (Å²) in [6.07, 6.45) is 13.7. The number of allylic oxidation sites excluding steroid dienone is 2. The molecule has 0 saturated heterocycles. The normalized spacial score (nSPS) is 28.7. The quantitative estimate of drug-likeness (QED) is 0.461. The van der Waals surface area contributed by atoms with Crippen molar-refractivity contribution in [2.24, 2.45) is 5.84 Å². The van der Waals surface area contributed by atoms with Crippen molar-refractivity contribution in [3.63, 3.8) is 0 Å². The van der Waals surface area contributed by atoms with E-state index in [1.807, 2.05) is 16.8 Å². The number of rotatable bonds is 6. The van der Waals surface area contributed by atoms with Crippen molar-refractivity contribution in [1.82, 2.24) is 9.91 Å². The van der Waals surface area contributed by atoms with E-state index in [4.69, 9.17) is 5.84 Å². The molecule has 1 heterocycles. The van der Waals surface area contributed by atoms with Crippen molar-refractivity contribution in [3.8, 4) is 0 Å². The molecule has 0 aromatic rings. The zero-order valence-electron chi connectivity index (χ0n) is 12.6. The molecular weight excluding hydrogens is 254 g/mol. The van der Waals surface area contributed by atoms with Gasteiger partial charge in [0, 0.05) is 18.3 Å². The van der Waals surface area contributed by atoms with Crippen LogP contribution in [-0.4, -0.2) is 40.8 Å². The van der Waals surface area contributed by atoms with Gasteiger partial charge in [-0.05, 0) is 20.4 Å². The Kier molecular flexibility index (Phi) is 8.46. The van der Waals surface area contributed by atoms with E-state index in [0.29, 0.717) is 5.25 Å². The zero-order valence-corrected chi connectivity index (χ0v) is 13.4. The first-order valence-electron chi connectivity index (χ1n) is 7.35. The molecule has 0 aromatic carbocycles. The van der Waals surface area contributed by atoms with Gasteiger partial charge in [0.25, 0.3) is 0 Å². The van der Waals surface area contributed by atoms with Gasteiger partial charge in [-0.25, -0.2) is 5.01 Å². The summed E-state index contributed by atoms with van der Waals surface area (Å²) in [5, 5.41) is 2.49. The molecule has 2 atom stereocenters. The first kappa shape index (κ1) is 16.8. The van der Waals surface area contributed by atoms with Crippen LogP contribution in [-0.2, 0) is 0 Å². The third kappa shape index (κ3) is 6.61. The highest BCUT2D eigenvalue weighted by Crippen LogP contribution is 2.24. The lowest BCUT2D eigenvalue weighted by Gasteiger charge is -2.34. The van der Waals surface area contributed by atoms with Crippen LogP contribution in [0.3, 0.4) is 0 Å². The summed E-state index contributed by atoms with van der Waals surface area (Å²) in [4.78, 5) is 2.31. The Labute approximate surface area is 122 Å². The molecule has 0 aliphatic carbocycles. The third-order valence-electron chi connectivity index (χ3n) is 3.29. The van der Waals surface area contributed by atoms with Crippen LogP contribution in [0.1, 0.15) is 39.5 Å². The Morgan fingerprint density at radius 3 is 2.84 bits per heavy atom. The van der Waals surface area contributed by atoms with Crippen LogP contribution in [0.25, 0.3) is 0 Å². The fourth-order valence-corrected chi connectivity index (χ4v) is 3.24. The van der Waals surface area contributed by atoms with Crippen LogP contribution < -0.4 is 5.84 Å². The number of hydrogen-bond donors (Lipinski definition) is 1. The minimum Gasteiger partial charge on any atom is -0.278 e. The largest absolute Gasteiger partial charge is 0.278 e. The van der Waals surface area contributed by atoms with E-state index in [0.717, 1.165) is 13.1 Å². The summed E-state index contributed by atoms with van der Waals surface area (Å²) >= 11 is 1.91. The van der Waals surface area contributed by atoms with Crippen LogP contribution in [0.2, 0.25) is 0 Å². The molecule has 3 nitrogen and oxygen atoms in total. The van der Waals surface area contributed by atoms with Crippen LogP contribution in [0.5, 0.6) is 0 Å². The summed E-state index contributed by atoms with van der Waals surface area (Å²) in [6.45, 7) is 6.38. The van der Waals surface area contributed by atoms with Gasteiger partial charge in [0.1, 0.15) is 5.50 Å². The fraction of sp³-hybridized carbons (Fsp3) is 0.733. The molecule has 0 amide bonds. The van der Waals surface area contributed by atoms with Crippen molar-refractivity contribution >= 4 is 11.8 Å². The van der Waals surface area contributed by atoms with E-state index < -0.39 is 0 Å². The lowest BCUT2D eigenvalue weighted by atomic mass is 10.2. The molecule has 0 unspecified atom stereocenters. The fourth-order valence-electron chi connectivity index (χ4n) is 2.12. The van der Waals surface area contributed by atoms with Gasteiger partial charge in [-0.3, -0.25) is 10.7 Å². The number of thioether (sulfide) groups is 1. The second-order valence-corrected chi connectivity index (χ2v) is 6.66. The van der Waals surface area contributed by atoms with E-state index in [-0.39, 0.29) is 5.50 Å². The molecule has 0 aromatic heterocycles. The first-order chi connectivity index (χ1) is 9.15. The van der Waals surface area contributed by atoms with Crippen molar-refractivity contribution in [2.45, 2.75) is 50.3 Å². The summed E-state index contributed by atoms with van der Waals surface area (Å²) < 4.78 is 0. The van der Waals surface area contributed by atoms with Crippen LogP contribution >= 0.6 is 11.8 Å². The molecule has 0 spiro atoms. The highest BCUT2D eigenvalue weighted by molar-refractivity contribution is 8.00. The van der Waals surface area contributed by atoms with Gasteiger partial charge in [-0.2, -0.15) is 0 Å². The Morgan fingerprint density at radius 2 is 2.11 bits per heavy atom. The monoisotopic (exact) mass is 283 g/mol. The zero-order chi connectivity index (χ0) is 14.1. The van der Waals surface area contributed by atoms with E-state index >= 15 is 0 Å². The molecule has 110 valence electrons. The minimum absolute atomic E-state index is 0.254. The summed E-state index contributed by atoms with van der Waals surface area (Å²) in [7, 11) is 2.14. The van der Waals surface area contributed by atoms with Gasteiger partial charge >= 0.3 is 0 Å². The highest BCUT2D eigenvalue weighted by atomic mass is 32.2. The number of unbranched alkanes of at least 4 members (excludes halogenated alkanes) is 3. The van der Waals surface area contributed by atoms with Crippen LogP contribution in [0.15, 0.2) is 24.3 Å². The summed E-state index contributed by atoms with van der Waals surface area (Å²) in [6, 6.07) is 0. The van der Waals surface area contributed by atoms with Crippen molar-refractivity contribution in [3.05, 3.63) is 24.3 Å². The Hall–Kier alpha value is -0.290. The molecule has 1 aliphatic heterocycles. The topological polar surface area (TPSA) is 32.5 Å². The van der Waals surface area contributed by atoms with Gasteiger partial charge in [-0.15, -0.1) is 11.8 Å². The van der Waals surface area contributed by atoms with Gasteiger partial charge in [0.2, 0.25) is 0 Å². The third-order valence-corrected chi connectivity index (χ3v) is 4.75. The SMILES string of the molecule is CCCCCCN(N)[C@@H]1S[C@@H](C)/C=C\C=C/CN1C. The molecule has 19 heavy (non-hydrogen) atoms. The predicted octanol–water partition coefficient (Wildman–Crippen LogP) is 3.21. The average molecular weight is 283 g/mol. The van der Waals surface area contributed by atoms with E-state index in [1.165, 1.54) is 25.7 Å². The Balaban J connectivity index is 2.50. The maximum atomic E-state index is 6.28. The maximum Gasteiger partial charge on any atom is 0.124 e. The summed E-state index contributed by atoms with van der Waals surface area (Å²) in [5.41, 5.74) is 0.254. The molecule has 0 bridgehead atoms. The average Bonchev–Trinajstić information content (AvgIpc) is 2.47. The molecule has 0 radical (unpaired) electrons.